The molecule has 1 amide bonds. The molecule has 0 aliphatic carbocycles. The largest absolute Gasteiger partial charge is 0.480 e. The van der Waals surface area contributed by atoms with Gasteiger partial charge in [0, 0.05) is 0 Å². The Labute approximate surface area is 115 Å². The quantitative estimate of drug-likeness (QED) is 0.855. The number of benzene rings is 1. The number of carboxylic acid groups (broad SMARTS) is 1. The molecule has 1 aromatic heterocycles. The van der Waals surface area contributed by atoms with Crippen molar-refractivity contribution in [3.8, 4) is 5.69 Å². The van der Waals surface area contributed by atoms with Crippen molar-refractivity contribution >= 4 is 11.9 Å². The monoisotopic (exact) mass is 274 g/mol. The molecule has 0 saturated carbocycles. The minimum absolute atomic E-state index is 0.117. The average molecular weight is 274 g/mol. The van der Waals surface area contributed by atoms with Gasteiger partial charge >= 0.3 is 5.97 Å². The maximum Gasteiger partial charge on any atom is 0.322 e. The Morgan fingerprint density at radius 2 is 1.90 bits per heavy atom. The zero-order chi connectivity index (χ0) is 14.7. The maximum absolute atomic E-state index is 11.8. The molecule has 0 fully saturated rings. The third kappa shape index (κ3) is 2.82. The number of nitrogens with zero attached hydrogens (tertiary/aromatic N) is 3. The minimum Gasteiger partial charge on any atom is -0.480 e. The number of amides is 1. The third-order valence-corrected chi connectivity index (χ3v) is 2.79. The van der Waals surface area contributed by atoms with Gasteiger partial charge in [-0.15, -0.1) is 5.10 Å². The van der Waals surface area contributed by atoms with Gasteiger partial charge in [-0.1, -0.05) is 22.9 Å². The summed E-state index contributed by atoms with van der Waals surface area (Å²) >= 11 is 0. The zero-order valence-electron chi connectivity index (χ0n) is 11.1. The van der Waals surface area contributed by atoms with Crippen molar-refractivity contribution in [2.45, 2.75) is 13.8 Å². The highest BCUT2D eigenvalue weighted by molar-refractivity contribution is 5.94. The molecule has 1 heterocycles. The molecular formula is C13H14N4O3. The molecule has 0 aliphatic rings. The van der Waals surface area contributed by atoms with Crippen molar-refractivity contribution in [2.75, 3.05) is 6.54 Å². The van der Waals surface area contributed by atoms with Crippen molar-refractivity contribution in [1.29, 1.82) is 0 Å². The number of carboxylic acids is 1. The predicted molar refractivity (Wildman–Crippen MR) is 70.8 cm³/mol. The van der Waals surface area contributed by atoms with Crippen molar-refractivity contribution in [1.82, 2.24) is 20.3 Å². The maximum atomic E-state index is 11.8. The lowest BCUT2D eigenvalue weighted by Crippen LogP contribution is -2.30. The molecule has 0 unspecified atom stereocenters. The van der Waals surface area contributed by atoms with E-state index in [-0.39, 0.29) is 5.69 Å². The Bertz CT molecular complexity index is 646. The second-order valence-corrected chi connectivity index (χ2v) is 4.35. The molecule has 20 heavy (non-hydrogen) atoms. The summed E-state index contributed by atoms with van der Waals surface area (Å²) in [7, 11) is 0. The van der Waals surface area contributed by atoms with Crippen molar-refractivity contribution < 1.29 is 14.7 Å². The fourth-order valence-corrected chi connectivity index (χ4v) is 1.71. The van der Waals surface area contributed by atoms with E-state index < -0.39 is 18.4 Å². The lowest BCUT2D eigenvalue weighted by molar-refractivity contribution is -0.135. The van der Waals surface area contributed by atoms with Crippen molar-refractivity contribution in [3.05, 3.63) is 41.2 Å². The van der Waals surface area contributed by atoms with Crippen LogP contribution in [0.3, 0.4) is 0 Å². The Morgan fingerprint density at radius 3 is 2.50 bits per heavy atom. The first-order valence-corrected chi connectivity index (χ1v) is 5.98. The van der Waals surface area contributed by atoms with Crippen LogP contribution in [-0.2, 0) is 4.79 Å². The second kappa shape index (κ2) is 5.52. The number of aromatic nitrogens is 3. The minimum atomic E-state index is -1.11. The van der Waals surface area contributed by atoms with Gasteiger partial charge in [-0.2, -0.15) is 0 Å². The van der Waals surface area contributed by atoms with Gasteiger partial charge in [0.05, 0.1) is 11.4 Å². The Kier molecular flexibility index (Phi) is 3.79. The summed E-state index contributed by atoms with van der Waals surface area (Å²) in [6.45, 7) is 3.23. The number of nitrogens with one attached hydrogen (secondary N) is 1. The topological polar surface area (TPSA) is 97.1 Å². The first kappa shape index (κ1) is 13.7. The van der Waals surface area contributed by atoms with Crippen LogP contribution in [0.1, 0.15) is 21.7 Å². The van der Waals surface area contributed by atoms with E-state index in [1.54, 1.807) is 6.92 Å². The molecule has 104 valence electrons. The first-order valence-electron chi connectivity index (χ1n) is 5.98. The lowest BCUT2D eigenvalue weighted by Gasteiger charge is -2.04. The second-order valence-electron chi connectivity index (χ2n) is 4.35. The van der Waals surface area contributed by atoms with Gasteiger partial charge in [0.25, 0.3) is 5.91 Å². The van der Waals surface area contributed by atoms with Gasteiger partial charge in [0.15, 0.2) is 5.69 Å². The third-order valence-electron chi connectivity index (χ3n) is 2.79. The molecule has 0 atom stereocenters. The standard InChI is InChI=1S/C13H14N4O3/c1-8-3-5-10(6-4-8)17-9(2)12(15-16-17)13(20)14-7-11(18)19/h3-6H,7H2,1-2H3,(H,14,20)(H,18,19). The number of carbonyl (C=O) groups excluding carboxylic acids is 1. The van der Waals surface area contributed by atoms with Gasteiger partial charge in [-0.3, -0.25) is 9.59 Å². The zero-order valence-corrected chi connectivity index (χ0v) is 11.1. The van der Waals surface area contributed by atoms with Crippen LogP contribution in [0.2, 0.25) is 0 Å². The van der Waals surface area contributed by atoms with E-state index in [1.165, 1.54) is 4.68 Å². The molecule has 0 radical (unpaired) electrons. The molecular weight excluding hydrogens is 260 g/mol. The summed E-state index contributed by atoms with van der Waals surface area (Å²) in [5.41, 5.74) is 2.58. The molecule has 1 aromatic carbocycles. The Hall–Kier alpha value is -2.70. The van der Waals surface area contributed by atoms with E-state index in [1.807, 2.05) is 31.2 Å². The van der Waals surface area contributed by atoms with Gasteiger partial charge in [-0.05, 0) is 26.0 Å². The molecule has 2 aromatic rings. The van der Waals surface area contributed by atoms with Crippen molar-refractivity contribution in [3.63, 3.8) is 0 Å². The van der Waals surface area contributed by atoms with E-state index >= 15 is 0 Å². The van der Waals surface area contributed by atoms with Crippen LogP contribution in [0.4, 0.5) is 0 Å². The van der Waals surface area contributed by atoms with Crippen LogP contribution in [0.5, 0.6) is 0 Å². The van der Waals surface area contributed by atoms with Gasteiger partial charge in [0.1, 0.15) is 6.54 Å². The highest BCUT2D eigenvalue weighted by Crippen LogP contribution is 2.12. The van der Waals surface area contributed by atoms with Crippen LogP contribution in [0, 0.1) is 13.8 Å². The normalized spacial score (nSPS) is 10.3. The van der Waals surface area contributed by atoms with E-state index in [0.717, 1.165) is 11.3 Å². The summed E-state index contributed by atoms with van der Waals surface area (Å²) in [5.74, 6) is -1.66. The van der Waals surface area contributed by atoms with Gasteiger partial charge in [-0.25, -0.2) is 4.68 Å². The van der Waals surface area contributed by atoms with E-state index in [0.29, 0.717) is 5.69 Å². The van der Waals surface area contributed by atoms with E-state index in [9.17, 15) is 9.59 Å². The average Bonchev–Trinajstić information content (AvgIpc) is 2.79. The number of hydrogen-bond acceptors (Lipinski definition) is 4. The summed E-state index contributed by atoms with van der Waals surface area (Å²) in [4.78, 5) is 22.2. The fourth-order valence-electron chi connectivity index (χ4n) is 1.71. The summed E-state index contributed by atoms with van der Waals surface area (Å²) in [6.07, 6.45) is 0. The molecule has 7 nitrogen and oxygen atoms in total. The highest BCUT2D eigenvalue weighted by Gasteiger charge is 2.17. The van der Waals surface area contributed by atoms with E-state index in [2.05, 4.69) is 15.6 Å². The predicted octanol–water partition coefficient (Wildman–Crippen LogP) is 0.699. The molecule has 7 heteroatoms. The molecule has 2 N–H and O–H groups in total. The van der Waals surface area contributed by atoms with Crippen LogP contribution >= 0.6 is 0 Å². The Morgan fingerprint density at radius 1 is 1.25 bits per heavy atom. The number of aryl methyl sites for hydroxylation is 1. The molecule has 0 saturated heterocycles. The molecule has 0 spiro atoms. The lowest BCUT2D eigenvalue weighted by atomic mass is 10.2. The van der Waals surface area contributed by atoms with Gasteiger partial charge in [0.2, 0.25) is 0 Å². The number of rotatable bonds is 4. The van der Waals surface area contributed by atoms with Crippen LogP contribution in [0.15, 0.2) is 24.3 Å². The SMILES string of the molecule is Cc1ccc(-n2nnc(C(=O)NCC(=O)O)c2C)cc1. The summed E-state index contributed by atoms with van der Waals surface area (Å²) in [5, 5.41) is 18.5. The molecule has 0 bridgehead atoms. The molecule has 0 aliphatic heterocycles. The molecule has 2 rings (SSSR count). The van der Waals surface area contributed by atoms with Crippen LogP contribution in [-0.4, -0.2) is 38.5 Å². The fraction of sp³-hybridized carbons (Fsp3) is 0.231. The van der Waals surface area contributed by atoms with Gasteiger partial charge < -0.3 is 10.4 Å². The van der Waals surface area contributed by atoms with E-state index in [4.69, 9.17) is 5.11 Å². The Balaban J connectivity index is 2.24. The summed E-state index contributed by atoms with van der Waals surface area (Å²) < 4.78 is 1.54. The number of hydrogen-bond donors (Lipinski definition) is 2. The van der Waals surface area contributed by atoms with Crippen LogP contribution < -0.4 is 5.32 Å². The number of aliphatic carboxylic acids is 1. The first-order chi connectivity index (χ1) is 9.49. The number of carbonyl (C=O) groups is 2. The van der Waals surface area contributed by atoms with Crippen molar-refractivity contribution in [2.24, 2.45) is 0 Å². The van der Waals surface area contributed by atoms with Crippen LogP contribution in [0.25, 0.3) is 5.69 Å². The highest BCUT2D eigenvalue weighted by atomic mass is 16.4. The summed E-state index contributed by atoms with van der Waals surface area (Å²) in [6, 6.07) is 7.60. The smallest absolute Gasteiger partial charge is 0.322 e.